The smallest absolute Gasteiger partial charge is 0.292 e. The molecule has 0 saturated heterocycles. The molecule has 0 aliphatic carbocycles. The van der Waals surface area contributed by atoms with E-state index in [4.69, 9.17) is 0 Å². The molecule has 1 aromatic carbocycles. The third-order valence-electron chi connectivity index (χ3n) is 3.71. The molecular formula is C16H16F5N3OS. The van der Waals surface area contributed by atoms with E-state index in [1.54, 1.807) is 0 Å². The van der Waals surface area contributed by atoms with Crippen LogP contribution in [0.1, 0.15) is 20.8 Å². The molecule has 142 valence electrons. The van der Waals surface area contributed by atoms with Crippen LogP contribution < -0.4 is 4.90 Å². The Morgan fingerprint density at radius 1 is 1.23 bits per heavy atom. The fourth-order valence-electron chi connectivity index (χ4n) is 2.46. The van der Waals surface area contributed by atoms with Crippen LogP contribution in [0.3, 0.4) is 0 Å². The van der Waals surface area contributed by atoms with E-state index < -0.39 is 34.7 Å². The van der Waals surface area contributed by atoms with Gasteiger partial charge in [-0.2, -0.15) is 13.2 Å². The van der Waals surface area contributed by atoms with E-state index in [-0.39, 0.29) is 17.4 Å². The summed E-state index contributed by atoms with van der Waals surface area (Å²) in [5, 5.41) is 6.59. The number of hydrogen-bond acceptors (Lipinski definition) is 4. The maximum absolute atomic E-state index is 14.2. The van der Waals surface area contributed by atoms with Crippen molar-refractivity contribution in [1.29, 1.82) is 0 Å². The molecule has 0 radical (unpaired) electrons. The van der Waals surface area contributed by atoms with Crippen LogP contribution in [0.4, 0.5) is 27.6 Å². The van der Waals surface area contributed by atoms with Crippen LogP contribution in [0.2, 0.25) is 0 Å². The number of hydrogen-bond donors (Lipinski definition) is 0. The minimum absolute atomic E-state index is 0.0421. The highest BCUT2D eigenvalue weighted by molar-refractivity contribution is 8.14. The van der Waals surface area contributed by atoms with Crippen LogP contribution in [0, 0.1) is 17.6 Å². The molecule has 4 nitrogen and oxygen atoms in total. The monoisotopic (exact) mass is 393 g/mol. The molecule has 0 N–H and O–H groups in total. The summed E-state index contributed by atoms with van der Waals surface area (Å²) in [5.74, 6) is -1.83. The van der Waals surface area contributed by atoms with E-state index in [1.165, 1.54) is 0 Å². The average Bonchev–Trinajstić information content (AvgIpc) is 2.86. The number of halogens is 5. The second kappa shape index (κ2) is 7.34. The second-order valence-electron chi connectivity index (χ2n) is 6.17. The number of anilines is 1. The first-order chi connectivity index (χ1) is 12.0. The van der Waals surface area contributed by atoms with Crippen molar-refractivity contribution in [2.24, 2.45) is 16.1 Å². The topological polar surface area (TPSA) is 45.0 Å². The number of para-hydroxylation sites is 1. The molecule has 2 rings (SSSR count). The van der Waals surface area contributed by atoms with E-state index in [9.17, 15) is 26.7 Å². The Balaban J connectivity index is 2.61. The van der Waals surface area contributed by atoms with Crippen molar-refractivity contribution >= 4 is 34.6 Å². The molecular weight excluding hydrogens is 377 g/mol. The summed E-state index contributed by atoms with van der Waals surface area (Å²) in [6, 6.07) is 2.76. The number of carbonyl (C=O) groups excluding carboxylic acids is 1. The molecule has 10 heteroatoms. The van der Waals surface area contributed by atoms with Crippen molar-refractivity contribution in [2.75, 3.05) is 10.7 Å². The first-order valence-electron chi connectivity index (χ1n) is 7.58. The summed E-state index contributed by atoms with van der Waals surface area (Å²) < 4.78 is 68.8. The molecule has 0 fully saturated rings. The van der Waals surface area contributed by atoms with Crippen LogP contribution in [0.25, 0.3) is 0 Å². The quantitative estimate of drug-likeness (QED) is 0.550. The van der Waals surface area contributed by atoms with Gasteiger partial charge in [0.25, 0.3) is 0 Å². The molecule has 0 spiro atoms. The third-order valence-corrected chi connectivity index (χ3v) is 5.29. The van der Waals surface area contributed by atoms with Crippen LogP contribution in [-0.4, -0.2) is 34.6 Å². The van der Waals surface area contributed by atoms with Crippen molar-refractivity contribution in [3.63, 3.8) is 0 Å². The van der Waals surface area contributed by atoms with Gasteiger partial charge in [-0.15, -0.1) is 22.0 Å². The molecule has 1 aliphatic heterocycles. The molecule has 0 bridgehead atoms. The van der Waals surface area contributed by atoms with E-state index in [0.29, 0.717) is 10.7 Å². The van der Waals surface area contributed by atoms with Crippen molar-refractivity contribution in [3.05, 3.63) is 29.8 Å². The summed E-state index contributed by atoms with van der Waals surface area (Å²) in [7, 11) is 0. The molecule has 0 saturated carbocycles. The van der Waals surface area contributed by atoms with Gasteiger partial charge in [-0.3, -0.25) is 9.69 Å². The molecule has 1 atom stereocenters. The molecule has 1 aromatic rings. The minimum atomic E-state index is -4.94. The number of thioether (sulfide) groups is 1. The Kier molecular flexibility index (Phi) is 5.74. The van der Waals surface area contributed by atoms with Crippen LogP contribution >= 0.6 is 11.8 Å². The number of benzene rings is 1. The maximum Gasteiger partial charge on any atom is 0.434 e. The van der Waals surface area contributed by atoms with E-state index in [0.717, 1.165) is 36.9 Å². The predicted octanol–water partition coefficient (Wildman–Crippen LogP) is 4.41. The summed E-state index contributed by atoms with van der Waals surface area (Å²) in [5.41, 5.74) is -4.57. The summed E-state index contributed by atoms with van der Waals surface area (Å²) in [6.45, 7) is 4.72. The van der Waals surface area contributed by atoms with Gasteiger partial charge in [-0.05, 0) is 25.0 Å². The number of alkyl halides is 3. The Morgan fingerprint density at radius 3 is 2.27 bits per heavy atom. The van der Waals surface area contributed by atoms with Gasteiger partial charge < -0.3 is 0 Å². The average molecular weight is 393 g/mol. The van der Waals surface area contributed by atoms with Gasteiger partial charge in [0, 0.05) is 5.75 Å². The Bertz CT molecular complexity index is 742. The van der Waals surface area contributed by atoms with Gasteiger partial charge in [-0.1, -0.05) is 19.9 Å². The largest absolute Gasteiger partial charge is 0.434 e. The van der Waals surface area contributed by atoms with Crippen LogP contribution in [-0.2, 0) is 4.79 Å². The molecule has 0 aromatic heterocycles. The fraction of sp³-hybridized carbons (Fsp3) is 0.438. The highest BCUT2D eigenvalue weighted by atomic mass is 32.2. The van der Waals surface area contributed by atoms with Gasteiger partial charge >= 0.3 is 6.18 Å². The summed E-state index contributed by atoms with van der Waals surface area (Å²) >= 11 is 0.959. The van der Waals surface area contributed by atoms with E-state index in [1.807, 2.05) is 13.8 Å². The van der Waals surface area contributed by atoms with E-state index in [2.05, 4.69) is 10.2 Å². The Hall–Kier alpha value is -1.97. The lowest BCUT2D eigenvalue weighted by Crippen LogP contribution is -2.60. The van der Waals surface area contributed by atoms with Crippen molar-refractivity contribution < 1.29 is 26.7 Å². The fourth-order valence-corrected chi connectivity index (χ4v) is 3.52. The molecule has 1 unspecified atom stereocenters. The van der Waals surface area contributed by atoms with Gasteiger partial charge in [0.05, 0.1) is 0 Å². The zero-order valence-electron chi connectivity index (χ0n) is 14.1. The SMILES string of the molecule is CC(C)CSC1=NN=C(C(F)(F)F)C1(C)N(C=O)c1c(F)cccc1F. The lowest BCUT2D eigenvalue weighted by Gasteiger charge is -2.37. The third kappa shape index (κ3) is 3.60. The predicted molar refractivity (Wildman–Crippen MR) is 91.5 cm³/mol. The zero-order valence-corrected chi connectivity index (χ0v) is 15.0. The number of rotatable bonds is 5. The normalized spacial score (nSPS) is 20.2. The Morgan fingerprint density at radius 2 is 1.81 bits per heavy atom. The van der Waals surface area contributed by atoms with Crippen molar-refractivity contribution in [2.45, 2.75) is 32.5 Å². The summed E-state index contributed by atoms with van der Waals surface area (Å²) in [6.07, 6.45) is -4.99. The first-order valence-corrected chi connectivity index (χ1v) is 8.57. The summed E-state index contributed by atoms with van der Waals surface area (Å²) in [4.78, 5) is 12.0. The maximum atomic E-state index is 14.2. The van der Waals surface area contributed by atoms with Crippen molar-refractivity contribution in [1.82, 2.24) is 0 Å². The lowest BCUT2D eigenvalue weighted by atomic mass is 9.93. The zero-order chi connectivity index (χ0) is 19.7. The minimum Gasteiger partial charge on any atom is -0.292 e. The lowest BCUT2D eigenvalue weighted by molar-refractivity contribution is -0.108. The number of amides is 1. The number of carbonyl (C=O) groups is 1. The first kappa shape index (κ1) is 20.3. The van der Waals surface area contributed by atoms with Gasteiger partial charge in [-0.25, -0.2) is 8.78 Å². The van der Waals surface area contributed by atoms with Crippen LogP contribution in [0.15, 0.2) is 28.4 Å². The number of nitrogens with zero attached hydrogens (tertiary/aromatic N) is 3. The van der Waals surface area contributed by atoms with E-state index >= 15 is 0 Å². The van der Waals surface area contributed by atoms with Gasteiger partial charge in [0.15, 0.2) is 5.71 Å². The van der Waals surface area contributed by atoms with Crippen molar-refractivity contribution in [3.8, 4) is 0 Å². The van der Waals surface area contributed by atoms with Crippen LogP contribution in [0.5, 0.6) is 0 Å². The molecule has 26 heavy (non-hydrogen) atoms. The Labute approximate surface area is 151 Å². The standard InChI is InChI=1S/C16H16F5N3OS/c1-9(2)7-26-14-15(3,13(22-23-14)16(19,20)21)24(8-25)12-10(17)5-4-6-11(12)18/h4-6,8-9H,7H2,1-3H3. The molecule has 1 aliphatic rings. The van der Waals surface area contributed by atoms with Gasteiger partial charge in [0.2, 0.25) is 6.41 Å². The highest BCUT2D eigenvalue weighted by Crippen LogP contribution is 2.40. The highest BCUT2D eigenvalue weighted by Gasteiger charge is 2.57. The molecule has 1 heterocycles. The van der Waals surface area contributed by atoms with Gasteiger partial charge in [0.1, 0.15) is 27.9 Å². The molecule has 1 amide bonds. The second-order valence-corrected chi connectivity index (χ2v) is 7.18.